The minimum absolute atomic E-state index is 0.0447. The molecule has 0 saturated carbocycles. The lowest BCUT2D eigenvalue weighted by Gasteiger charge is -2.25. The topological polar surface area (TPSA) is 84.9 Å². The monoisotopic (exact) mass is 364 g/mol. The molecule has 0 spiro atoms. The Morgan fingerprint density at radius 1 is 1.15 bits per heavy atom. The molecule has 0 heterocycles. The maximum Gasteiger partial charge on any atom is 0.407 e. The van der Waals surface area contributed by atoms with Gasteiger partial charge in [-0.25, -0.2) is 4.79 Å². The maximum absolute atomic E-state index is 12.6. The predicted molar refractivity (Wildman–Crippen MR) is 97.3 cm³/mol. The smallest absolute Gasteiger partial charge is 0.407 e. The van der Waals surface area contributed by atoms with E-state index in [4.69, 9.17) is 4.74 Å². The molecule has 1 aromatic carbocycles. The number of benzene rings is 1. The lowest BCUT2D eigenvalue weighted by molar-refractivity contribution is -0.147. The third-order valence-corrected chi connectivity index (χ3v) is 3.36. The van der Waals surface area contributed by atoms with Gasteiger partial charge in [0.25, 0.3) is 0 Å². The van der Waals surface area contributed by atoms with Crippen molar-refractivity contribution in [3.63, 3.8) is 0 Å². The molecule has 0 aromatic heterocycles. The number of methoxy groups -OCH3 is 1. The van der Waals surface area contributed by atoms with E-state index < -0.39 is 23.7 Å². The van der Waals surface area contributed by atoms with Crippen LogP contribution in [0.5, 0.6) is 0 Å². The van der Waals surface area contributed by atoms with Crippen molar-refractivity contribution in [2.75, 3.05) is 13.7 Å². The second kappa shape index (κ2) is 9.79. The Balaban J connectivity index is 2.69. The third kappa shape index (κ3) is 8.50. The number of esters is 1. The molecule has 0 radical (unpaired) electrons. The van der Waals surface area contributed by atoms with Crippen LogP contribution in [0.3, 0.4) is 0 Å². The van der Waals surface area contributed by atoms with Gasteiger partial charge in [-0.2, -0.15) is 0 Å². The van der Waals surface area contributed by atoms with Crippen LogP contribution in [0.25, 0.3) is 0 Å². The molecular formula is C19H28N2O5. The van der Waals surface area contributed by atoms with E-state index in [0.717, 1.165) is 5.56 Å². The van der Waals surface area contributed by atoms with E-state index in [1.165, 1.54) is 12.0 Å². The van der Waals surface area contributed by atoms with Crippen molar-refractivity contribution >= 4 is 18.0 Å². The quantitative estimate of drug-likeness (QED) is 0.752. The minimum atomic E-state index is -0.613. The molecule has 0 aliphatic carbocycles. The van der Waals surface area contributed by atoms with Gasteiger partial charge in [0.05, 0.1) is 7.11 Å². The summed E-state index contributed by atoms with van der Waals surface area (Å²) in [5.74, 6) is -0.759. The highest BCUT2D eigenvalue weighted by Crippen LogP contribution is 2.10. The SMILES string of the molecule is COC(=O)CN(Cc1ccccc1)C(=O)CC(C)NC(=O)OC(C)(C)C. The minimum Gasteiger partial charge on any atom is -0.468 e. The largest absolute Gasteiger partial charge is 0.468 e. The highest BCUT2D eigenvalue weighted by atomic mass is 16.6. The second-order valence-corrected chi connectivity index (χ2v) is 7.06. The van der Waals surface area contributed by atoms with E-state index in [9.17, 15) is 14.4 Å². The summed E-state index contributed by atoms with van der Waals surface area (Å²) >= 11 is 0. The molecule has 1 aromatic rings. The number of carbonyl (C=O) groups excluding carboxylic acids is 3. The van der Waals surface area contributed by atoms with E-state index >= 15 is 0 Å². The molecule has 0 saturated heterocycles. The molecule has 1 rings (SSSR count). The fraction of sp³-hybridized carbons (Fsp3) is 0.526. The number of hydrogen-bond acceptors (Lipinski definition) is 5. The predicted octanol–water partition coefficient (Wildman–Crippen LogP) is 2.49. The first kappa shape index (κ1) is 21.5. The average molecular weight is 364 g/mol. The van der Waals surface area contributed by atoms with Crippen LogP contribution in [-0.2, 0) is 25.6 Å². The van der Waals surface area contributed by atoms with Gasteiger partial charge in [0.2, 0.25) is 5.91 Å². The highest BCUT2D eigenvalue weighted by Gasteiger charge is 2.23. The van der Waals surface area contributed by atoms with E-state index in [2.05, 4.69) is 10.1 Å². The van der Waals surface area contributed by atoms with Crippen LogP contribution in [0.2, 0.25) is 0 Å². The van der Waals surface area contributed by atoms with Gasteiger partial charge in [0, 0.05) is 19.0 Å². The fourth-order valence-electron chi connectivity index (χ4n) is 2.21. The molecule has 0 bridgehead atoms. The lowest BCUT2D eigenvalue weighted by atomic mass is 10.1. The number of ether oxygens (including phenoxy) is 2. The zero-order valence-corrected chi connectivity index (χ0v) is 16.1. The van der Waals surface area contributed by atoms with Gasteiger partial charge in [0.1, 0.15) is 12.1 Å². The zero-order chi connectivity index (χ0) is 19.7. The van der Waals surface area contributed by atoms with Gasteiger partial charge in [-0.1, -0.05) is 30.3 Å². The van der Waals surface area contributed by atoms with E-state index in [1.807, 2.05) is 30.3 Å². The molecule has 0 fully saturated rings. The molecule has 7 nitrogen and oxygen atoms in total. The molecule has 0 aliphatic rings. The first-order valence-corrected chi connectivity index (χ1v) is 8.48. The number of hydrogen-bond donors (Lipinski definition) is 1. The second-order valence-electron chi connectivity index (χ2n) is 7.06. The van der Waals surface area contributed by atoms with Gasteiger partial charge >= 0.3 is 12.1 Å². The molecular weight excluding hydrogens is 336 g/mol. The summed E-state index contributed by atoms with van der Waals surface area (Å²) in [4.78, 5) is 37.4. The number of rotatable bonds is 7. The molecule has 7 heteroatoms. The summed E-state index contributed by atoms with van der Waals surface area (Å²) in [7, 11) is 1.28. The summed E-state index contributed by atoms with van der Waals surface area (Å²) in [6.07, 6.45) is -0.538. The van der Waals surface area contributed by atoms with E-state index in [1.54, 1.807) is 27.7 Å². The summed E-state index contributed by atoms with van der Waals surface area (Å²) in [6.45, 7) is 7.14. The molecule has 144 valence electrons. The van der Waals surface area contributed by atoms with Crippen molar-refractivity contribution in [1.82, 2.24) is 10.2 Å². The molecule has 2 amide bonds. The van der Waals surface area contributed by atoms with Crippen LogP contribution in [0, 0.1) is 0 Å². The molecule has 1 atom stereocenters. The van der Waals surface area contributed by atoms with Gasteiger partial charge in [-0.15, -0.1) is 0 Å². The normalized spacial score (nSPS) is 12.0. The third-order valence-electron chi connectivity index (χ3n) is 3.36. The number of nitrogens with one attached hydrogen (secondary N) is 1. The van der Waals surface area contributed by atoms with Crippen molar-refractivity contribution in [1.29, 1.82) is 0 Å². The van der Waals surface area contributed by atoms with Gasteiger partial charge in [-0.3, -0.25) is 9.59 Å². The Kier molecular flexibility index (Phi) is 8.09. The van der Waals surface area contributed by atoms with Crippen LogP contribution in [0.1, 0.15) is 39.7 Å². The van der Waals surface area contributed by atoms with Crippen molar-refractivity contribution < 1.29 is 23.9 Å². The van der Waals surface area contributed by atoms with Gasteiger partial charge < -0.3 is 19.7 Å². The van der Waals surface area contributed by atoms with Crippen molar-refractivity contribution in [3.05, 3.63) is 35.9 Å². The van der Waals surface area contributed by atoms with E-state index in [0.29, 0.717) is 0 Å². The Morgan fingerprint density at radius 3 is 2.31 bits per heavy atom. The van der Waals surface area contributed by atoms with Crippen LogP contribution in [0.15, 0.2) is 30.3 Å². The maximum atomic E-state index is 12.6. The molecule has 0 aliphatic heterocycles. The van der Waals surface area contributed by atoms with Crippen LogP contribution >= 0.6 is 0 Å². The Labute approximate surface area is 154 Å². The number of amides is 2. The highest BCUT2D eigenvalue weighted by molar-refractivity contribution is 5.82. The molecule has 1 N–H and O–H groups in total. The Morgan fingerprint density at radius 2 is 1.77 bits per heavy atom. The molecule has 26 heavy (non-hydrogen) atoms. The fourth-order valence-corrected chi connectivity index (χ4v) is 2.21. The standard InChI is InChI=1S/C19H28N2O5/c1-14(20-18(24)26-19(2,3)4)11-16(22)21(13-17(23)25-5)12-15-9-7-6-8-10-15/h6-10,14H,11-13H2,1-5H3,(H,20,24). The van der Waals surface area contributed by atoms with Gasteiger partial charge in [-0.05, 0) is 33.3 Å². The van der Waals surface area contributed by atoms with Gasteiger partial charge in [0.15, 0.2) is 0 Å². The summed E-state index contributed by atoms with van der Waals surface area (Å²) in [5, 5.41) is 2.63. The van der Waals surface area contributed by atoms with Crippen LogP contribution in [0.4, 0.5) is 4.79 Å². The zero-order valence-electron chi connectivity index (χ0n) is 16.1. The lowest BCUT2D eigenvalue weighted by Crippen LogP contribution is -2.42. The first-order chi connectivity index (χ1) is 12.1. The average Bonchev–Trinajstić information content (AvgIpc) is 2.52. The first-order valence-electron chi connectivity index (χ1n) is 8.48. The summed E-state index contributed by atoms with van der Waals surface area (Å²) in [6, 6.07) is 8.92. The van der Waals surface area contributed by atoms with Crippen molar-refractivity contribution in [3.8, 4) is 0 Å². The summed E-state index contributed by atoms with van der Waals surface area (Å²) in [5.41, 5.74) is 0.287. The Bertz CT molecular complexity index is 610. The van der Waals surface area contributed by atoms with Crippen molar-refractivity contribution in [2.45, 2.75) is 52.3 Å². The van der Waals surface area contributed by atoms with Crippen LogP contribution in [-0.4, -0.2) is 48.2 Å². The molecule has 1 unspecified atom stereocenters. The number of nitrogens with zero attached hydrogens (tertiary/aromatic N) is 1. The van der Waals surface area contributed by atoms with Crippen molar-refractivity contribution in [2.24, 2.45) is 0 Å². The summed E-state index contributed by atoms with van der Waals surface area (Å²) < 4.78 is 9.85. The Hall–Kier alpha value is -2.57. The number of carbonyl (C=O) groups is 3. The van der Waals surface area contributed by atoms with Crippen LogP contribution < -0.4 is 5.32 Å². The number of alkyl carbamates (subject to hydrolysis) is 1. The van der Waals surface area contributed by atoms with E-state index in [-0.39, 0.29) is 25.4 Å².